The number of benzene rings is 3. The molecule has 7 heteroatoms. The molecule has 0 aliphatic rings. The van der Waals surface area contributed by atoms with Crippen LogP contribution in [0.1, 0.15) is 34.8 Å². The Hall–Kier alpha value is -4.39. The number of nitrogens with one attached hydrogen (secondary N) is 3. The molecule has 3 N–H and O–H groups in total. The molecule has 0 fully saturated rings. The van der Waals surface area contributed by atoms with Crippen LogP contribution in [0.4, 0.5) is 0 Å². The van der Waals surface area contributed by atoms with Crippen LogP contribution < -0.4 is 15.6 Å². The first-order chi connectivity index (χ1) is 16.5. The van der Waals surface area contributed by atoms with Gasteiger partial charge in [-0.3, -0.25) is 25.2 Å². The molecule has 4 aromatic rings. The van der Waals surface area contributed by atoms with Gasteiger partial charge in [-0.2, -0.15) is 0 Å². The third kappa shape index (κ3) is 5.50. The van der Waals surface area contributed by atoms with Crippen LogP contribution in [0.5, 0.6) is 5.75 Å². The number of ketones is 1. The van der Waals surface area contributed by atoms with Crippen molar-refractivity contribution in [2.24, 2.45) is 0 Å². The summed E-state index contributed by atoms with van der Waals surface area (Å²) in [6.07, 6.45) is 1.83. The first-order valence-electron chi connectivity index (χ1n) is 11.0. The minimum atomic E-state index is -0.843. The van der Waals surface area contributed by atoms with Gasteiger partial charge in [-0.1, -0.05) is 48.5 Å². The minimum Gasteiger partial charge on any atom is -0.481 e. The number of hydrogen-bond acceptors (Lipinski definition) is 4. The van der Waals surface area contributed by atoms with Crippen molar-refractivity contribution < 1.29 is 19.1 Å². The Morgan fingerprint density at radius 2 is 1.53 bits per heavy atom. The summed E-state index contributed by atoms with van der Waals surface area (Å²) in [5.41, 5.74) is 8.02. The smallest absolute Gasteiger partial charge is 0.279 e. The van der Waals surface area contributed by atoms with Gasteiger partial charge < -0.3 is 9.72 Å². The van der Waals surface area contributed by atoms with E-state index in [2.05, 4.69) is 15.8 Å². The molecule has 0 aliphatic carbocycles. The van der Waals surface area contributed by atoms with Crippen molar-refractivity contribution in [3.05, 3.63) is 102 Å². The summed E-state index contributed by atoms with van der Waals surface area (Å²) >= 11 is 0. The molecule has 7 nitrogen and oxygen atoms in total. The molecule has 0 bridgehead atoms. The van der Waals surface area contributed by atoms with Crippen molar-refractivity contribution >= 4 is 28.5 Å². The SMILES string of the molecule is C[C@@H](Oc1ccc(C(=O)c2ccccc2)cc1)C(=O)NNC(=O)CCc1c[nH]c2ccccc12. The molecular formula is C27H25N3O4. The van der Waals surface area contributed by atoms with E-state index in [0.717, 1.165) is 16.5 Å². The number of amides is 2. The Labute approximate surface area is 197 Å². The number of rotatable bonds is 8. The molecule has 1 aromatic heterocycles. The van der Waals surface area contributed by atoms with Gasteiger partial charge in [-0.05, 0) is 49.2 Å². The Kier molecular flexibility index (Phi) is 7.03. The van der Waals surface area contributed by atoms with E-state index in [-0.39, 0.29) is 18.1 Å². The fraction of sp³-hybridized carbons (Fsp3) is 0.148. The summed E-state index contributed by atoms with van der Waals surface area (Å²) in [7, 11) is 0. The Bertz CT molecular complexity index is 1300. The summed E-state index contributed by atoms with van der Waals surface area (Å²) in [5.74, 6) is -0.425. The number of ether oxygens (including phenoxy) is 1. The van der Waals surface area contributed by atoms with E-state index in [9.17, 15) is 14.4 Å². The molecule has 0 saturated carbocycles. The number of fused-ring (bicyclic) bond motifs is 1. The first kappa shape index (κ1) is 22.8. The number of aromatic nitrogens is 1. The van der Waals surface area contributed by atoms with Crippen LogP contribution in [0.2, 0.25) is 0 Å². The maximum Gasteiger partial charge on any atom is 0.279 e. The number of aryl methyl sites for hydroxylation is 1. The number of carbonyl (C=O) groups excluding carboxylic acids is 3. The molecule has 2 amide bonds. The van der Waals surface area contributed by atoms with Gasteiger partial charge in [-0.15, -0.1) is 0 Å². The number of carbonyl (C=O) groups is 3. The lowest BCUT2D eigenvalue weighted by molar-refractivity contribution is -0.132. The van der Waals surface area contributed by atoms with Gasteiger partial charge in [0.05, 0.1) is 0 Å². The Morgan fingerprint density at radius 1 is 0.853 bits per heavy atom. The number of hydrogen-bond donors (Lipinski definition) is 3. The summed E-state index contributed by atoms with van der Waals surface area (Å²) in [6, 6.07) is 23.5. The highest BCUT2D eigenvalue weighted by Crippen LogP contribution is 2.19. The van der Waals surface area contributed by atoms with Crippen LogP contribution in [0.25, 0.3) is 10.9 Å². The van der Waals surface area contributed by atoms with Crippen LogP contribution in [0, 0.1) is 0 Å². The van der Waals surface area contributed by atoms with Gasteiger partial charge in [0.15, 0.2) is 11.9 Å². The van der Waals surface area contributed by atoms with E-state index in [0.29, 0.717) is 23.3 Å². The molecule has 1 atom stereocenters. The maximum atomic E-state index is 12.5. The molecule has 4 rings (SSSR count). The fourth-order valence-corrected chi connectivity index (χ4v) is 3.58. The van der Waals surface area contributed by atoms with Crippen LogP contribution in [0.15, 0.2) is 85.1 Å². The monoisotopic (exact) mass is 455 g/mol. The molecule has 0 spiro atoms. The van der Waals surface area contributed by atoms with E-state index in [4.69, 9.17) is 4.74 Å². The lowest BCUT2D eigenvalue weighted by atomic mass is 10.0. The lowest BCUT2D eigenvalue weighted by Crippen LogP contribution is -2.47. The van der Waals surface area contributed by atoms with E-state index in [1.165, 1.54) is 0 Å². The van der Waals surface area contributed by atoms with Crippen molar-refractivity contribution in [3.63, 3.8) is 0 Å². The summed E-state index contributed by atoms with van der Waals surface area (Å²) < 4.78 is 5.64. The molecule has 0 radical (unpaired) electrons. The van der Waals surface area contributed by atoms with Crippen LogP contribution >= 0.6 is 0 Å². The molecule has 0 aliphatic heterocycles. The molecule has 34 heavy (non-hydrogen) atoms. The highest BCUT2D eigenvalue weighted by Gasteiger charge is 2.16. The van der Waals surface area contributed by atoms with Gasteiger partial charge >= 0.3 is 0 Å². The van der Waals surface area contributed by atoms with Gasteiger partial charge in [0.1, 0.15) is 5.75 Å². The highest BCUT2D eigenvalue weighted by molar-refractivity contribution is 6.09. The van der Waals surface area contributed by atoms with Crippen molar-refractivity contribution in [1.29, 1.82) is 0 Å². The molecule has 172 valence electrons. The lowest BCUT2D eigenvalue weighted by Gasteiger charge is -2.15. The van der Waals surface area contributed by atoms with E-state index < -0.39 is 12.0 Å². The van der Waals surface area contributed by atoms with Gasteiger partial charge in [-0.25, -0.2) is 0 Å². The van der Waals surface area contributed by atoms with Gasteiger partial charge in [0, 0.05) is 34.6 Å². The maximum absolute atomic E-state index is 12.5. The zero-order chi connectivity index (χ0) is 23.9. The van der Waals surface area contributed by atoms with Crippen molar-refractivity contribution in [2.45, 2.75) is 25.9 Å². The van der Waals surface area contributed by atoms with Crippen molar-refractivity contribution in [1.82, 2.24) is 15.8 Å². The fourth-order valence-electron chi connectivity index (χ4n) is 3.58. The molecule has 0 saturated heterocycles. The standard InChI is InChI=1S/C27H25N3O4/c1-18(34-22-14-11-20(12-15-22)26(32)19-7-3-2-4-8-19)27(33)30-29-25(31)16-13-21-17-28-24-10-6-5-9-23(21)24/h2-12,14-15,17-18,28H,13,16H2,1H3,(H,29,31)(H,30,33)/t18-/m1/s1. The summed E-state index contributed by atoms with van der Waals surface area (Å²) in [5, 5.41) is 1.08. The van der Waals surface area contributed by atoms with E-state index in [1.54, 1.807) is 43.3 Å². The Balaban J connectivity index is 1.23. The predicted molar refractivity (Wildman–Crippen MR) is 129 cm³/mol. The molecule has 1 heterocycles. The Morgan fingerprint density at radius 3 is 2.29 bits per heavy atom. The number of para-hydroxylation sites is 1. The number of H-pyrrole nitrogens is 1. The van der Waals surface area contributed by atoms with Crippen LogP contribution in [0.3, 0.4) is 0 Å². The number of aromatic amines is 1. The minimum absolute atomic E-state index is 0.0895. The first-order valence-corrected chi connectivity index (χ1v) is 11.0. The average Bonchev–Trinajstić information content (AvgIpc) is 3.29. The molecule has 3 aromatic carbocycles. The molecular weight excluding hydrogens is 430 g/mol. The second kappa shape index (κ2) is 10.5. The van der Waals surface area contributed by atoms with Crippen molar-refractivity contribution in [2.75, 3.05) is 0 Å². The molecule has 0 unspecified atom stereocenters. The zero-order valence-electron chi connectivity index (χ0n) is 18.7. The average molecular weight is 456 g/mol. The highest BCUT2D eigenvalue weighted by atomic mass is 16.5. The largest absolute Gasteiger partial charge is 0.481 e. The van der Waals surface area contributed by atoms with Crippen molar-refractivity contribution in [3.8, 4) is 5.75 Å². The predicted octanol–water partition coefficient (Wildman–Crippen LogP) is 3.95. The van der Waals surface area contributed by atoms with Crippen LogP contribution in [-0.4, -0.2) is 28.7 Å². The van der Waals surface area contributed by atoms with E-state index >= 15 is 0 Å². The van der Waals surface area contributed by atoms with Gasteiger partial charge in [0.25, 0.3) is 5.91 Å². The quantitative estimate of drug-likeness (QED) is 0.277. The zero-order valence-corrected chi connectivity index (χ0v) is 18.7. The summed E-state index contributed by atoms with van der Waals surface area (Å²) in [4.78, 5) is 40.1. The van der Waals surface area contributed by atoms with E-state index in [1.807, 2.05) is 48.7 Å². The number of hydrazine groups is 1. The third-order valence-electron chi connectivity index (χ3n) is 5.46. The summed E-state index contributed by atoms with van der Waals surface area (Å²) in [6.45, 7) is 1.58. The second-order valence-electron chi connectivity index (χ2n) is 7.88. The van der Waals surface area contributed by atoms with Crippen LogP contribution in [-0.2, 0) is 16.0 Å². The van der Waals surface area contributed by atoms with Gasteiger partial charge in [0.2, 0.25) is 5.91 Å². The normalized spacial score (nSPS) is 11.6. The third-order valence-corrected chi connectivity index (χ3v) is 5.46. The second-order valence-corrected chi connectivity index (χ2v) is 7.88. The topological polar surface area (TPSA) is 100 Å².